The van der Waals surface area contributed by atoms with Crippen LogP contribution >= 0.6 is 0 Å². The summed E-state index contributed by atoms with van der Waals surface area (Å²) in [7, 11) is 1.55. The predicted molar refractivity (Wildman–Crippen MR) is 89.3 cm³/mol. The van der Waals surface area contributed by atoms with Gasteiger partial charge in [0.15, 0.2) is 0 Å². The summed E-state index contributed by atoms with van der Waals surface area (Å²) in [4.78, 5) is 58.0. The number of nitrogens with one attached hydrogen (secondary N) is 2. The molecule has 26 heavy (non-hydrogen) atoms. The van der Waals surface area contributed by atoms with E-state index >= 15 is 0 Å². The monoisotopic (exact) mass is 362 g/mol. The Bertz CT molecular complexity index is 718. The summed E-state index contributed by atoms with van der Waals surface area (Å²) >= 11 is 0. The van der Waals surface area contributed by atoms with Gasteiger partial charge in [-0.05, 0) is 12.8 Å². The average molecular weight is 362 g/mol. The fourth-order valence-corrected chi connectivity index (χ4v) is 3.39. The Labute approximate surface area is 150 Å². The molecule has 3 atom stereocenters. The number of rotatable bonds is 6. The van der Waals surface area contributed by atoms with Crippen LogP contribution in [0.2, 0.25) is 0 Å². The van der Waals surface area contributed by atoms with Gasteiger partial charge in [0, 0.05) is 31.9 Å². The van der Waals surface area contributed by atoms with Crippen LogP contribution in [0.5, 0.6) is 0 Å². The van der Waals surface area contributed by atoms with Crippen LogP contribution in [0.15, 0.2) is 12.5 Å². The Kier molecular flexibility index (Phi) is 4.92. The summed E-state index contributed by atoms with van der Waals surface area (Å²) in [5, 5.41) is 2.72. The number of aromatic amines is 1. The lowest BCUT2D eigenvalue weighted by Crippen LogP contribution is -2.61. The minimum atomic E-state index is -0.869. The summed E-state index contributed by atoms with van der Waals surface area (Å²) in [6.45, 7) is 0.420. The lowest BCUT2D eigenvalue weighted by Gasteiger charge is -2.37. The van der Waals surface area contributed by atoms with Crippen LogP contribution in [0, 0.1) is 0 Å². The van der Waals surface area contributed by atoms with E-state index in [1.165, 1.54) is 16.1 Å². The average Bonchev–Trinajstić information content (AvgIpc) is 3.29. The highest BCUT2D eigenvalue weighted by Crippen LogP contribution is 2.20. The van der Waals surface area contributed by atoms with Gasteiger partial charge in [-0.3, -0.25) is 19.2 Å². The first-order chi connectivity index (χ1) is 12.4. The van der Waals surface area contributed by atoms with E-state index in [0.29, 0.717) is 25.1 Å². The number of carbonyl (C=O) groups is 4. The van der Waals surface area contributed by atoms with Gasteiger partial charge < -0.3 is 25.8 Å². The van der Waals surface area contributed by atoms with Crippen molar-refractivity contribution in [1.29, 1.82) is 0 Å². The zero-order valence-electron chi connectivity index (χ0n) is 14.5. The fourth-order valence-electron chi connectivity index (χ4n) is 3.39. The highest BCUT2D eigenvalue weighted by molar-refractivity contribution is 5.99. The lowest BCUT2D eigenvalue weighted by atomic mass is 10.0. The Morgan fingerprint density at radius 3 is 2.77 bits per heavy atom. The normalized spacial score (nSPS) is 23.5. The minimum Gasteiger partial charge on any atom is -0.368 e. The molecule has 3 rings (SSSR count). The Morgan fingerprint density at radius 2 is 2.19 bits per heavy atom. The molecule has 1 aromatic rings. The van der Waals surface area contributed by atoms with E-state index < -0.39 is 24.0 Å². The van der Waals surface area contributed by atoms with Crippen LogP contribution in [0.3, 0.4) is 0 Å². The van der Waals surface area contributed by atoms with Crippen LogP contribution in [0.25, 0.3) is 0 Å². The first-order valence-electron chi connectivity index (χ1n) is 8.51. The molecule has 2 aliphatic rings. The molecule has 4 amide bonds. The maximum Gasteiger partial charge on any atom is 0.246 e. The quantitative estimate of drug-likeness (QED) is 0.509. The van der Waals surface area contributed by atoms with Gasteiger partial charge in [-0.15, -0.1) is 0 Å². The van der Waals surface area contributed by atoms with Gasteiger partial charge in [0.05, 0.1) is 12.7 Å². The van der Waals surface area contributed by atoms with Crippen molar-refractivity contribution in [2.45, 2.75) is 43.8 Å². The van der Waals surface area contributed by atoms with E-state index in [1.807, 2.05) is 0 Å². The SMILES string of the molecule is CN1C(=O)C[C@H]1C(=O)N[C@@H](Cc1cnc[nH]1)C(=O)N1CCC[C@H]1C(N)=O. The molecule has 0 aliphatic carbocycles. The highest BCUT2D eigenvalue weighted by atomic mass is 16.2. The van der Waals surface area contributed by atoms with Crippen molar-refractivity contribution >= 4 is 23.6 Å². The van der Waals surface area contributed by atoms with Gasteiger partial charge in [0.2, 0.25) is 23.6 Å². The first-order valence-corrected chi connectivity index (χ1v) is 8.51. The molecule has 1 aromatic heterocycles. The van der Waals surface area contributed by atoms with Crippen LogP contribution in [-0.2, 0) is 25.6 Å². The molecule has 10 nitrogen and oxygen atoms in total. The van der Waals surface area contributed by atoms with Crippen LogP contribution in [0.1, 0.15) is 25.0 Å². The smallest absolute Gasteiger partial charge is 0.246 e. The molecular formula is C16H22N6O4. The number of imidazole rings is 1. The van der Waals surface area contributed by atoms with Crippen LogP contribution in [0.4, 0.5) is 0 Å². The third-order valence-electron chi connectivity index (χ3n) is 4.99. The Hall–Kier alpha value is -2.91. The number of aromatic nitrogens is 2. The number of H-pyrrole nitrogens is 1. The second-order valence-electron chi connectivity index (χ2n) is 6.66. The van der Waals surface area contributed by atoms with Gasteiger partial charge in [0.25, 0.3) is 0 Å². The van der Waals surface area contributed by atoms with Crippen molar-refractivity contribution in [3.8, 4) is 0 Å². The van der Waals surface area contributed by atoms with E-state index in [2.05, 4.69) is 15.3 Å². The number of β-lactam (4-membered cyclic amide) rings is 1. The molecule has 0 saturated carbocycles. The molecule has 10 heteroatoms. The molecule has 0 unspecified atom stereocenters. The molecule has 4 N–H and O–H groups in total. The largest absolute Gasteiger partial charge is 0.368 e. The van der Waals surface area contributed by atoms with E-state index in [9.17, 15) is 19.2 Å². The van der Waals surface area contributed by atoms with E-state index in [4.69, 9.17) is 5.73 Å². The topological polar surface area (TPSA) is 141 Å². The van der Waals surface area contributed by atoms with Crippen molar-refractivity contribution < 1.29 is 19.2 Å². The zero-order valence-corrected chi connectivity index (χ0v) is 14.5. The van der Waals surface area contributed by atoms with Gasteiger partial charge in [0.1, 0.15) is 18.1 Å². The molecule has 0 bridgehead atoms. The third-order valence-corrected chi connectivity index (χ3v) is 4.99. The molecule has 2 fully saturated rings. The van der Waals surface area contributed by atoms with Gasteiger partial charge >= 0.3 is 0 Å². The number of hydrogen-bond acceptors (Lipinski definition) is 5. The number of primary amides is 1. The molecule has 0 aromatic carbocycles. The van der Waals surface area contributed by atoms with Gasteiger partial charge in [-0.1, -0.05) is 0 Å². The molecule has 0 radical (unpaired) electrons. The van der Waals surface area contributed by atoms with Crippen molar-refractivity contribution in [1.82, 2.24) is 25.1 Å². The maximum atomic E-state index is 13.0. The number of hydrogen-bond donors (Lipinski definition) is 3. The standard InChI is InChI=1S/C16H22N6O4/c1-21-12(6-13(21)23)15(25)20-10(5-9-7-18-8-19-9)16(26)22-4-2-3-11(22)14(17)24/h7-8,10-12H,2-6H2,1H3,(H2,17,24)(H,18,19)(H,20,25)/t10-,11-,12-/m0/s1. The molecule has 140 valence electrons. The van der Waals surface area contributed by atoms with Crippen molar-refractivity contribution in [3.63, 3.8) is 0 Å². The summed E-state index contributed by atoms with van der Waals surface area (Å²) in [5.74, 6) is -1.41. The van der Waals surface area contributed by atoms with Crippen molar-refractivity contribution in [2.75, 3.05) is 13.6 Å². The number of carbonyl (C=O) groups excluding carboxylic acids is 4. The van der Waals surface area contributed by atoms with Crippen LogP contribution < -0.4 is 11.1 Å². The predicted octanol–water partition coefficient (Wildman–Crippen LogP) is -1.86. The Balaban J connectivity index is 1.74. The van der Waals surface area contributed by atoms with E-state index in [-0.39, 0.29) is 30.6 Å². The Morgan fingerprint density at radius 1 is 1.42 bits per heavy atom. The summed E-state index contributed by atoms with van der Waals surface area (Å²) < 4.78 is 0. The minimum absolute atomic E-state index is 0.116. The second-order valence-corrected chi connectivity index (χ2v) is 6.66. The second kappa shape index (κ2) is 7.14. The zero-order chi connectivity index (χ0) is 18.8. The van der Waals surface area contributed by atoms with E-state index in [1.54, 1.807) is 13.2 Å². The summed E-state index contributed by atoms with van der Waals surface area (Å²) in [6.07, 6.45) is 4.59. The van der Waals surface area contributed by atoms with Gasteiger partial charge in [-0.2, -0.15) is 0 Å². The number of likely N-dealkylation sites (N-methyl/N-ethyl adjacent to an activating group) is 1. The fraction of sp³-hybridized carbons (Fsp3) is 0.562. The lowest BCUT2D eigenvalue weighted by molar-refractivity contribution is -0.152. The number of nitrogens with two attached hydrogens (primary N) is 1. The third kappa shape index (κ3) is 3.39. The van der Waals surface area contributed by atoms with Crippen molar-refractivity contribution in [2.24, 2.45) is 5.73 Å². The number of likely N-dealkylation sites (tertiary alicyclic amines) is 2. The van der Waals surface area contributed by atoms with E-state index in [0.717, 1.165) is 0 Å². The maximum absolute atomic E-state index is 13.0. The summed E-state index contributed by atoms with van der Waals surface area (Å²) in [5.41, 5.74) is 6.07. The molecular weight excluding hydrogens is 340 g/mol. The highest BCUT2D eigenvalue weighted by Gasteiger charge is 2.41. The number of amides is 4. The molecule has 2 saturated heterocycles. The molecule has 2 aliphatic heterocycles. The molecule has 3 heterocycles. The van der Waals surface area contributed by atoms with Crippen molar-refractivity contribution in [3.05, 3.63) is 18.2 Å². The van der Waals surface area contributed by atoms with Crippen LogP contribution in [-0.4, -0.2) is 75.1 Å². The summed E-state index contributed by atoms with van der Waals surface area (Å²) in [6, 6.07) is -2.10. The van der Waals surface area contributed by atoms with Gasteiger partial charge in [-0.25, -0.2) is 4.98 Å². The molecule has 0 spiro atoms. The number of nitrogens with zero attached hydrogens (tertiary/aromatic N) is 3. The first kappa shape index (κ1) is 17.9.